The van der Waals surface area contributed by atoms with Crippen molar-refractivity contribution in [2.75, 3.05) is 6.54 Å². The lowest BCUT2D eigenvalue weighted by Crippen LogP contribution is -2.36. The van der Waals surface area contributed by atoms with Gasteiger partial charge in [-0.05, 0) is 25.1 Å². The second-order valence-electron chi connectivity index (χ2n) is 6.65. The van der Waals surface area contributed by atoms with Crippen molar-refractivity contribution in [1.82, 2.24) is 15.6 Å². The summed E-state index contributed by atoms with van der Waals surface area (Å²) < 4.78 is 20.4. The normalized spacial score (nSPS) is 11.8. The Morgan fingerprint density at radius 2 is 2.04 bits per heavy atom. The molecule has 0 atom stereocenters. The zero-order valence-electron chi connectivity index (χ0n) is 15.4. The molecule has 0 bridgehead atoms. The molecule has 0 saturated heterocycles. The highest BCUT2D eigenvalue weighted by Gasteiger charge is 2.19. The van der Waals surface area contributed by atoms with Gasteiger partial charge in [0.2, 0.25) is 5.89 Å². The van der Waals surface area contributed by atoms with Crippen LogP contribution in [0.2, 0.25) is 0 Å². The Kier molecular flexibility index (Phi) is 9.02. The van der Waals surface area contributed by atoms with Crippen LogP contribution in [0.1, 0.15) is 44.9 Å². The number of benzene rings is 1. The lowest BCUT2D eigenvalue weighted by molar-refractivity contribution is 0.379. The number of guanidine groups is 1. The Labute approximate surface area is 179 Å². The summed E-state index contributed by atoms with van der Waals surface area (Å²) in [5.74, 6) is 1.73. The molecule has 0 fully saturated rings. The fourth-order valence-electron chi connectivity index (χ4n) is 2.07. The van der Waals surface area contributed by atoms with E-state index in [1.54, 1.807) is 18.3 Å². The van der Waals surface area contributed by atoms with Crippen molar-refractivity contribution in [2.24, 2.45) is 4.99 Å². The standard InChI is InChI=1S/C18H24BrFN4O.HI/c1-5-21-17(23-9-12-8-13(19)6-7-14(12)20)24-11-16-22-10-15(25-16)18(2,3)4;/h6-8,10H,5,9,11H2,1-4H3,(H2,21,23,24);1H. The van der Waals surface area contributed by atoms with E-state index in [9.17, 15) is 4.39 Å². The third-order valence-electron chi connectivity index (χ3n) is 3.46. The zero-order chi connectivity index (χ0) is 18.4. The quantitative estimate of drug-likeness (QED) is 0.328. The van der Waals surface area contributed by atoms with Gasteiger partial charge in [0.25, 0.3) is 0 Å². The summed E-state index contributed by atoms with van der Waals surface area (Å²) in [5.41, 5.74) is 0.444. The van der Waals surface area contributed by atoms with Crippen molar-refractivity contribution >= 4 is 45.9 Å². The number of halogens is 3. The van der Waals surface area contributed by atoms with Crippen LogP contribution in [-0.4, -0.2) is 17.5 Å². The fourth-order valence-corrected chi connectivity index (χ4v) is 2.48. The maximum atomic E-state index is 13.8. The highest BCUT2D eigenvalue weighted by molar-refractivity contribution is 14.0. The molecular weight excluding hydrogens is 514 g/mol. The lowest BCUT2D eigenvalue weighted by Gasteiger charge is -2.13. The third-order valence-corrected chi connectivity index (χ3v) is 3.95. The molecule has 144 valence electrons. The van der Waals surface area contributed by atoms with E-state index in [1.165, 1.54) is 6.07 Å². The van der Waals surface area contributed by atoms with Crippen molar-refractivity contribution < 1.29 is 8.81 Å². The van der Waals surface area contributed by atoms with Crippen LogP contribution in [0.5, 0.6) is 0 Å². The van der Waals surface area contributed by atoms with Gasteiger partial charge in [-0.2, -0.15) is 0 Å². The molecule has 5 nitrogen and oxygen atoms in total. The molecule has 1 heterocycles. The summed E-state index contributed by atoms with van der Waals surface area (Å²) >= 11 is 3.35. The number of oxazole rings is 1. The first-order valence-corrected chi connectivity index (χ1v) is 9.00. The van der Waals surface area contributed by atoms with Crippen LogP contribution in [-0.2, 0) is 18.5 Å². The topological polar surface area (TPSA) is 62.5 Å². The van der Waals surface area contributed by atoms with Crippen molar-refractivity contribution in [2.45, 2.75) is 46.2 Å². The maximum Gasteiger partial charge on any atom is 0.213 e. The second kappa shape index (κ2) is 10.2. The first kappa shape index (κ1) is 22.9. The summed E-state index contributed by atoms with van der Waals surface area (Å²) in [6.07, 6.45) is 1.75. The number of hydrogen-bond acceptors (Lipinski definition) is 3. The highest BCUT2D eigenvalue weighted by Crippen LogP contribution is 2.22. The van der Waals surface area contributed by atoms with E-state index in [-0.39, 0.29) is 41.8 Å². The fraction of sp³-hybridized carbons (Fsp3) is 0.444. The Morgan fingerprint density at radius 1 is 1.31 bits per heavy atom. The van der Waals surface area contributed by atoms with Crippen molar-refractivity contribution in [3.8, 4) is 0 Å². The van der Waals surface area contributed by atoms with E-state index >= 15 is 0 Å². The van der Waals surface area contributed by atoms with E-state index in [0.29, 0.717) is 30.5 Å². The maximum absolute atomic E-state index is 13.8. The van der Waals surface area contributed by atoms with Gasteiger partial charge in [0, 0.05) is 22.0 Å². The summed E-state index contributed by atoms with van der Waals surface area (Å²) in [6, 6.07) is 4.82. The molecule has 2 N–H and O–H groups in total. The second-order valence-corrected chi connectivity index (χ2v) is 7.57. The summed E-state index contributed by atoms with van der Waals surface area (Å²) in [5, 5.41) is 6.28. The summed E-state index contributed by atoms with van der Waals surface area (Å²) in [4.78, 5) is 8.70. The number of nitrogens with zero attached hydrogens (tertiary/aromatic N) is 2. The minimum atomic E-state index is -0.273. The Hall–Kier alpha value is -1.16. The van der Waals surface area contributed by atoms with E-state index in [4.69, 9.17) is 4.42 Å². The van der Waals surface area contributed by atoms with E-state index in [0.717, 1.165) is 10.2 Å². The van der Waals surface area contributed by atoms with E-state index in [1.807, 2.05) is 6.92 Å². The van der Waals surface area contributed by atoms with Crippen LogP contribution < -0.4 is 10.6 Å². The first-order valence-electron chi connectivity index (χ1n) is 8.21. The molecule has 0 aliphatic rings. The molecular formula is C18H25BrFIN4O. The minimum Gasteiger partial charge on any atom is -0.443 e. The molecule has 1 aromatic heterocycles. The predicted octanol–water partition coefficient (Wildman–Crippen LogP) is 4.75. The number of hydrogen-bond donors (Lipinski definition) is 2. The SMILES string of the molecule is CCNC(=NCc1cc(Br)ccc1F)NCc1ncc(C(C)(C)C)o1.I. The molecule has 2 aromatic rings. The summed E-state index contributed by atoms with van der Waals surface area (Å²) in [6.45, 7) is 9.53. The average Bonchev–Trinajstić information content (AvgIpc) is 3.02. The van der Waals surface area contributed by atoms with Crippen LogP contribution in [0.15, 0.2) is 38.3 Å². The minimum absolute atomic E-state index is 0. The van der Waals surface area contributed by atoms with Crippen LogP contribution in [0.25, 0.3) is 0 Å². The lowest BCUT2D eigenvalue weighted by atomic mass is 9.94. The van der Waals surface area contributed by atoms with Gasteiger partial charge < -0.3 is 15.1 Å². The van der Waals surface area contributed by atoms with Gasteiger partial charge in [-0.1, -0.05) is 36.7 Å². The highest BCUT2D eigenvalue weighted by atomic mass is 127. The van der Waals surface area contributed by atoms with Gasteiger partial charge in [0.05, 0.1) is 19.3 Å². The molecule has 26 heavy (non-hydrogen) atoms. The Morgan fingerprint density at radius 3 is 2.65 bits per heavy atom. The van der Waals surface area contributed by atoms with Gasteiger partial charge in [0.1, 0.15) is 11.6 Å². The Bertz CT molecular complexity index is 743. The molecule has 0 unspecified atom stereocenters. The smallest absolute Gasteiger partial charge is 0.213 e. The van der Waals surface area contributed by atoms with Gasteiger partial charge in [0.15, 0.2) is 5.96 Å². The zero-order valence-corrected chi connectivity index (χ0v) is 19.3. The molecule has 0 aliphatic heterocycles. The summed E-state index contributed by atoms with van der Waals surface area (Å²) in [7, 11) is 0. The third kappa shape index (κ3) is 6.86. The number of aromatic nitrogens is 1. The van der Waals surface area contributed by atoms with Crippen molar-refractivity contribution in [3.63, 3.8) is 0 Å². The molecule has 0 spiro atoms. The van der Waals surface area contributed by atoms with Gasteiger partial charge in [-0.15, -0.1) is 24.0 Å². The molecule has 0 aliphatic carbocycles. The largest absolute Gasteiger partial charge is 0.443 e. The van der Waals surface area contributed by atoms with Crippen LogP contribution >= 0.6 is 39.9 Å². The number of aliphatic imine (C=N–C) groups is 1. The van der Waals surface area contributed by atoms with Crippen LogP contribution in [0.4, 0.5) is 4.39 Å². The first-order chi connectivity index (χ1) is 11.8. The molecule has 0 amide bonds. The predicted molar refractivity (Wildman–Crippen MR) is 116 cm³/mol. The molecule has 2 rings (SSSR count). The molecule has 0 saturated carbocycles. The van der Waals surface area contributed by atoms with Crippen molar-refractivity contribution in [1.29, 1.82) is 0 Å². The Balaban J connectivity index is 0.00000338. The van der Waals surface area contributed by atoms with Crippen LogP contribution in [0.3, 0.4) is 0 Å². The number of rotatable bonds is 5. The van der Waals surface area contributed by atoms with Gasteiger partial charge in [-0.3, -0.25) is 0 Å². The molecule has 8 heteroatoms. The number of nitrogens with one attached hydrogen (secondary N) is 2. The molecule has 1 aromatic carbocycles. The average molecular weight is 539 g/mol. The monoisotopic (exact) mass is 538 g/mol. The van der Waals surface area contributed by atoms with E-state index < -0.39 is 0 Å². The van der Waals surface area contributed by atoms with Gasteiger partial charge in [-0.25, -0.2) is 14.4 Å². The van der Waals surface area contributed by atoms with Gasteiger partial charge >= 0.3 is 0 Å². The molecule has 0 radical (unpaired) electrons. The van der Waals surface area contributed by atoms with Crippen LogP contribution in [0, 0.1) is 5.82 Å². The van der Waals surface area contributed by atoms with E-state index in [2.05, 4.69) is 57.3 Å². The van der Waals surface area contributed by atoms with Crippen molar-refractivity contribution in [3.05, 3.63) is 51.9 Å².